The van der Waals surface area contributed by atoms with Crippen molar-refractivity contribution < 1.29 is 0 Å². The molecule has 0 aromatic carbocycles. The van der Waals surface area contributed by atoms with Crippen molar-refractivity contribution in [3.63, 3.8) is 0 Å². The summed E-state index contributed by atoms with van der Waals surface area (Å²) in [5.74, 6) is 0. The van der Waals surface area contributed by atoms with Crippen molar-refractivity contribution in [2.24, 2.45) is 0 Å². The van der Waals surface area contributed by atoms with E-state index in [-0.39, 0.29) is 0 Å². The summed E-state index contributed by atoms with van der Waals surface area (Å²) >= 11 is 0. The van der Waals surface area contributed by atoms with Gasteiger partial charge in [0.05, 0.1) is 5.40 Å². The molecule has 0 radical (unpaired) electrons. The van der Waals surface area contributed by atoms with Crippen molar-refractivity contribution >= 4 is 18.8 Å². The first-order valence-corrected chi connectivity index (χ1v) is 5.27. The molecule has 2 aliphatic heterocycles. The Morgan fingerprint density at radius 3 is 2.00 bits per heavy atom. The fraction of sp³-hybridized carbons (Fsp3) is 0.667. The van der Waals surface area contributed by atoms with E-state index in [1.807, 2.05) is 0 Å². The second-order valence-corrected chi connectivity index (χ2v) is 8.14. The van der Waals surface area contributed by atoms with Gasteiger partial charge in [-0.05, 0) is 20.6 Å². The average Bonchev–Trinajstić information content (AvgIpc) is 2.11. The minimum atomic E-state index is 0.550. The molecule has 0 N–H and O–H groups in total. The normalized spacial score (nSPS) is 52.6. The Morgan fingerprint density at radius 1 is 1.60 bits per heavy atom. The van der Waals surface area contributed by atoms with E-state index in [4.69, 9.17) is 0 Å². The van der Waals surface area contributed by atoms with Crippen molar-refractivity contribution in [1.82, 2.24) is 0 Å². The lowest BCUT2D eigenvalue weighted by atomic mass is 11.0. The molecule has 0 fully saturated rings. The van der Waals surface area contributed by atoms with Crippen LogP contribution in [0.15, 0.2) is 0 Å². The highest BCUT2D eigenvalue weighted by Crippen LogP contribution is 2.70. The Balaban J connectivity index is 2.68. The average molecular weight is 102 g/mol. The first-order valence-electron chi connectivity index (χ1n) is 1.74. The van der Waals surface area contributed by atoms with Crippen molar-refractivity contribution in [2.45, 2.75) is 12.3 Å². The Labute approximate surface area is 32.1 Å². The Kier molecular flexibility index (Phi) is 0.236. The van der Waals surface area contributed by atoms with Crippen molar-refractivity contribution in [3.05, 3.63) is 0 Å². The van der Waals surface area contributed by atoms with Crippen LogP contribution < -0.4 is 0 Å². The molecular weight excluding hydrogens is 98.0 g/mol. The van der Waals surface area contributed by atoms with Gasteiger partial charge in [-0.15, -0.1) is 0 Å². The van der Waals surface area contributed by atoms with Gasteiger partial charge in [-0.1, -0.05) is 5.17 Å². The van der Waals surface area contributed by atoms with Crippen molar-refractivity contribution in [1.29, 1.82) is 0 Å². The third-order valence-corrected chi connectivity index (χ3v) is 7.91. The summed E-state index contributed by atoms with van der Waals surface area (Å²) in [6, 6.07) is 0. The van der Waals surface area contributed by atoms with Crippen LogP contribution in [0.25, 0.3) is 0 Å². The van der Waals surface area contributed by atoms with Crippen LogP contribution in [0.1, 0.15) is 6.92 Å². The van der Waals surface area contributed by atoms with Crippen molar-refractivity contribution in [2.75, 3.05) is 0 Å². The molecule has 2 atom stereocenters. The maximum absolute atomic E-state index is 3.37. The maximum atomic E-state index is 3.37. The molecule has 2 aliphatic rings. The Hall–Kier alpha value is 0.380. The fourth-order valence-electron chi connectivity index (χ4n) is 0.459. The first-order chi connectivity index (χ1) is 2.39. The zero-order valence-electron chi connectivity index (χ0n) is 2.97. The second-order valence-electron chi connectivity index (χ2n) is 1.42. The van der Waals surface area contributed by atoms with E-state index in [0.717, 1.165) is 0 Å². The van der Waals surface area contributed by atoms with Crippen LogP contribution in [0, 0.1) is 0 Å². The maximum Gasteiger partial charge on any atom is 0.0554 e. The van der Waals surface area contributed by atoms with Crippen LogP contribution in [-0.2, 0) is 0 Å². The van der Waals surface area contributed by atoms with E-state index in [2.05, 4.69) is 12.1 Å². The van der Waals surface area contributed by atoms with Gasteiger partial charge in [-0.25, -0.2) is 0 Å². The van der Waals surface area contributed by atoms with E-state index in [0.29, 0.717) is 13.7 Å². The van der Waals surface area contributed by atoms with E-state index in [1.165, 1.54) is 5.40 Å². The molecular formula is C3H4P2. The van der Waals surface area contributed by atoms with Crippen LogP contribution in [-0.4, -0.2) is 10.6 Å². The molecule has 0 saturated carbocycles. The third kappa shape index (κ3) is 0.162. The van der Waals surface area contributed by atoms with E-state index in [9.17, 15) is 0 Å². The predicted molar refractivity (Wildman–Crippen MR) is 28.3 cm³/mol. The molecule has 0 amide bonds. The molecule has 2 unspecified atom stereocenters. The fourth-order valence-corrected chi connectivity index (χ4v) is 5.99. The Morgan fingerprint density at radius 2 is 2.00 bits per heavy atom. The monoisotopic (exact) mass is 102 g/mol. The highest BCUT2D eigenvalue weighted by atomic mass is 31.8. The smallest absolute Gasteiger partial charge is 0.0554 e. The molecule has 2 heteroatoms. The standard InChI is InChI=1S/C3H4P2/c1-3-4-2-5(3)4/h3H,1H3. The number of hydrogen-bond acceptors (Lipinski definition) is 0. The number of hydrogen-bond donors (Lipinski definition) is 0. The lowest BCUT2D eigenvalue weighted by Crippen LogP contribution is -1.60. The van der Waals surface area contributed by atoms with E-state index >= 15 is 0 Å². The van der Waals surface area contributed by atoms with Gasteiger partial charge in [0.25, 0.3) is 0 Å². The quantitative estimate of drug-likeness (QED) is 0.409. The summed E-state index contributed by atoms with van der Waals surface area (Å²) in [5, 5.41) is 4.54. The summed E-state index contributed by atoms with van der Waals surface area (Å²) in [7, 11) is 0. The van der Waals surface area contributed by atoms with Crippen LogP contribution in [0.5, 0.6) is 0 Å². The zero-order valence-corrected chi connectivity index (χ0v) is 4.76. The van der Waals surface area contributed by atoms with E-state index < -0.39 is 0 Å². The van der Waals surface area contributed by atoms with Gasteiger partial charge >= 0.3 is 0 Å². The molecule has 0 aromatic heterocycles. The second kappa shape index (κ2) is 0.464. The summed E-state index contributed by atoms with van der Waals surface area (Å²) in [6.07, 6.45) is 0. The van der Waals surface area contributed by atoms with Crippen LogP contribution >= 0.6 is 13.7 Å². The summed E-state index contributed by atoms with van der Waals surface area (Å²) in [6.45, 7) is 3.44. The highest BCUT2D eigenvalue weighted by molar-refractivity contribution is 8.30. The van der Waals surface area contributed by atoms with Gasteiger partial charge in [0.15, 0.2) is 0 Å². The van der Waals surface area contributed by atoms with Gasteiger partial charge < -0.3 is 0 Å². The molecule has 0 bridgehead atoms. The van der Waals surface area contributed by atoms with E-state index in [1.54, 1.807) is 0 Å². The molecule has 0 aromatic rings. The number of rotatable bonds is 0. The van der Waals surface area contributed by atoms with Gasteiger partial charge in [-0.3, -0.25) is 0 Å². The zero-order chi connectivity index (χ0) is 3.44. The largest absolute Gasteiger partial charge is 0.0652 e. The molecule has 26 valence electrons. The molecule has 2 heterocycles. The predicted octanol–water partition coefficient (Wildman–Crippen LogP) is 1.88. The van der Waals surface area contributed by atoms with Gasteiger partial charge in [0, 0.05) is 0 Å². The van der Waals surface area contributed by atoms with Gasteiger partial charge in [-0.2, -0.15) is 0 Å². The molecule has 0 saturated heterocycles. The molecule has 0 nitrogen and oxygen atoms in total. The molecule has 0 aliphatic carbocycles. The first kappa shape index (κ1) is 2.54. The highest BCUT2D eigenvalue weighted by Gasteiger charge is 2.25. The summed E-state index contributed by atoms with van der Waals surface area (Å²) in [5.41, 5.74) is 0. The molecule has 5 heavy (non-hydrogen) atoms. The molecule has 0 spiro atoms. The minimum absolute atomic E-state index is 0.550. The molecule has 2 rings (SSSR count). The van der Waals surface area contributed by atoms with Gasteiger partial charge in [0.2, 0.25) is 0 Å². The lowest BCUT2D eigenvalue weighted by Gasteiger charge is -1.69. The topological polar surface area (TPSA) is 0 Å². The van der Waals surface area contributed by atoms with Crippen LogP contribution in [0.4, 0.5) is 0 Å². The van der Waals surface area contributed by atoms with Crippen LogP contribution in [0.3, 0.4) is 0 Å². The van der Waals surface area contributed by atoms with Crippen LogP contribution in [0.2, 0.25) is 0 Å². The minimum Gasteiger partial charge on any atom is -0.0652 e. The van der Waals surface area contributed by atoms with Gasteiger partial charge in [0.1, 0.15) is 0 Å². The third-order valence-electron chi connectivity index (χ3n) is 1.05. The summed E-state index contributed by atoms with van der Waals surface area (Å²) < 4.78 is 0. The Bertz CT molecular complexity index is 197. The summed E-state index contributed by atoms with van der Waals surface area (Å²) in [4.78, 5) is 0. The SMILES string of the molecule is CC1P2=C=P=21. The lowest BCUT2D eigenvalue weighted by molar-refractivity contribution is 1.45. The van der Waals surface area contributed by atoms with Crippen molar-refractivity contribution in [3.8, 4) is 0 Å².